The van der Waals surface area contributed by atoms with E-state index in [0.717, 1.165) is 5.56 Å². The number of thioether (sulfide) groups is 1. The molecule has 7 heteroatoms. The summed E-state index contributed by atoms with van der Waals surface area (Å²) < 4.78 is 0. The largest absolute Gasteiger partial charge is 0.480 e. The third-order valence-electron chi connectivity index (χ3n) is 2.35. The average Bonchev–Trinajstić information content (AvgIpc) is 2.34. The van der Waals surface area contributed by atoms with Gasteiger partial charge in [-0.2, -0.15) is 11.8 Å². The van der Waals surface area contributed by atoms with Crippen LogP contribution in [0.15, 0.2) is 18.5 Å². The normalized spacial score (nSPS) is 11.7. The number of hydrogen-bond acceptors (Lipinski definition) is 4. The number of pyridine rings is 1. The Balaban J connectivity index is 2.55. The van der Waals surface area contributed by atoms with Gasteiger partial charge in [-0.1, -0.05) is 0 Å². The van der Waals surface area contributed by atoms with E-state index in [1.54, 1.807) is 12.3 Å². The van der Waals surface area contributed by atoms with Crippen LogP contribution in [0.2, 0.25) is 0 Å². The molecule has 1 rings (SSSR count). The standard InChI is InChI=1S/C12H17N3O3S/c1-8-5-9(7-13-6-8)14-12(18)15-10(11(16)17)3-4-19-2/h5-7,10H,3-4H2,1-2H3,(H,16,17)(H2,14,15,18). The van der Waals surface area contributed by atoms with E-state index in [1.165, 1.54) is 18.0 Å². The number of carbonyl (C=O) groups is 2. The van der Waals surface area contributed by atoms with Gasteiger partial charge >= 0.3 is 12.0 Å². The molecule has 1 atom stereocenters. The number of nitrogens with zero attached hydrogens (tertiary/aromatic N) is 1. The van der Waals surface area contributed by atoms with Gasteiger partial charge in [0.15, 0.2) is 0 Å². The minimum Gasteiger partial charge on any atom is -0.480 e. The minimum absolute atomic E-state index is 0.385. The molecule has 0 radical (unpaired) electrons. The SMILES string of the molecule is CSCCC(NC(=O)Nc1cncc(C)c1)C(=O)O. The second-order valence-electron chi connectivity index (χ2n) is 4.02. The molecular weight excluding hydrogens is 266 g/mol. The maximum atomic E-state index is 11.7. The monoisotopic (exact) mass is 283 g/mol. The maximum Gasteiger partial charge on any atom is 0.326 e. The van der Waals surface area contributed by atoms with Crippen LogP contribution in [0.1, 0.15) is 12.0 Å². The molecule has 0 saturated heterocycles. The van der Waals surface area contributed by atoms with Crippen molar-refractivity contribution in [2.75, 3.05) is 17.3 Å². The summed E-state index contributed by atoms with van der Waals surface area (Å²) in [6, 6.07) is 0.329. The maximum absolute atomic E-state index is 11.7. The van der Waals surface area contributed by atoms with Gasteiger partial charge in [0.25, 0.3) is 0 Å². The van der Waals surface area contributed by atoms with Crippen LogP contribution in [0, 0.1) is 6.92 Å². The zero-order valence-electron chi connectivity index (χ0n) is 10.8. The van der Waals surface area contributed by atoms with Crippen LogP contribution < -0.4 is 10.6 Å². The van der Waals surface area contributed by atoms with Crippen LogP contribution in [-0.4, -0.2) is 40.1 Å². The van der Waals surface area contributed by atoms with Crippen molar-refractivity contribution in [1.29, 1.82) is 0 Å². The highest BCUT2D eigenvalue weighted by molar-refractivity contribution is 7.98. The lowest BCUT2D eigenvalue weighted by molar-refractivity contribution is -0.139. The Hall–Kier alpha value is -1.76. The number of hydrogen-bond donors (Lipinski definition) is 3. The highest BCUT2D eigenvalue weighted by Crippen LogP contribution is 2.07. The molecule has 0 fully saturated rings. The number of amides is 2. The smallest absolute Gasteiger partial charge is 0.326 e. The number of aromatic nitrogens is 1. The third kappa shape index (κ3) is 5.60. The van der Waals surface area contributed by atoms with Gasteiger partial charge < -0.3 is 15.7 Å². The molecule has 0 aliphatic carbocycles. The molecule has 19 heavy (non-hydrogen) atoms. The number of carbonyl (C=O) groups excluding carboxylic acids is 1. The quantitative estimate of drug-likeness (QED) is 0.739. The summed E-state index contributed by atoms with van der Waals surface area (Å²) in [5.74, 6) is -0.366. The van der Waals surface area contributed by atoms with Crippen molar-refractivity contribution in [3.63, 3.8) is 0 Å². The van der Waals surface area contributed by atoms with Crippen LogP contribution in [0.3, 0.4) is 0 Å². The zero-order valence-corrected chi connectivity index (χ0v) is 11.7. The number of carboxylic acids is 1. The molecule has 6 nitrogen and oxygen atoms in total. The Morgan fingerprint density at radius 3 is 2.79 bits per heavy atom. The Morgan fingerprint density at radius 2 is 2.21 bits per heavy atom. The lowest BCUT2D eigenvalue weighted by Gasteiger charge is -2.14. The predicted molar refractivity (Wildman–Crippen MR) is 75.6 cm³/mol. The number of urea groups is 1. The Bertz CT molecular complexity index is 454. The Labute approximate surface area is 116 Å². The summed E-state index contributed by atoms with van der Waals surface area (Å²) >= 11 is 1.54. The third-order valence-corrected chi connectivity index (χ3v) is 2.99. The average molecular weight is 283 g/mol. The van der Waals surface area contributed by atoms with Crippen LogP contribution in [-0.2, 0) is 4.79 Å². The highest BCUT2D eigenvalue weighted by Gasteiger charge is 2.19. The molecule has 2 amide bonds. The fourth-order valence-electron chi connectivity index (χ4n) is 1.44. The molecule has 0 saturated carbocycles. The van der Waals surface area contributed by atoms with Crippen LogP contribution in [0.4, 0.5) is 10.5 Å². The first-order chi connectivity index (χ1) is 9.02. The van der Waals surface area contributed by atoms with Crippen molar-refractivity contribution in [2.24, 2.45) is 0 Å². The summed E-state index contributed by atoms with van der Waals surface area (Å²) in [4.78, 5) is 26.6. The van der Waals surface area contributed by atoms with Gasteiger partial charge in [-0.3, -0.25) is 4.98 Å². The molecule has 0 aromatic carbocycles. The molecule has 0 spiro atoms. The van der Waals surface area contributed by atoms with Gasteiger partial charge in [-0.25, -0.2) is 9.59 Å². The van der Waals surface area contributed by atoms with Gasteiger partial charge in [0.05, 0.1) is 11.9 Å². The molecule has 1 unspecified atom stereocenters. The van der Waals surface area contributed by atoms with Crippen molar-refractivity contribution in [3.05, 3.63) is 24.0 Å². The number of nitrogens with one attached hydrogen (secondary N) is 2. The van der Waals surface area contributed by atoms with E-state index in [0.29, 0.717) is 17.9 Å². The van der Waals surface area contributed by atoms with Gasteiger partial charge in [0.2, 0.25) is 0 Å². The first-order valence-corrected chi connectivity index (χ1v) is 7.13. The van der Waals surface area contributed by atoms with E-state index in [2.05, 4.69) is 15.6 Å². The summed E-state index contributed by atoms with van der Waals surface area (Å²) in [5.41, 5.74) is 1.45. The van der Waals surface area contributed by atoms with Crippen molar-refractivity contribution in [1.82, 2.24) is 10.3 Å². The number of carboxylic acid groups (broad SMARTS) is 1. The van der Waals surface area contributed by atoms with E-state index in [4.69, 9.17) is 5.11 Å². The summed E-state index contributed by atoms with van der Waals surface area (Å²) in [6.45, 7) is 1.86. The van der Waals surface area contributed by atoms with E-state index in [9.17, 15) is 9.59 Å². The van der Waals surface area contributed by atoms with Crippen molar-refractivity contribution < 1.29 is 14.7 Å². The molecule has 0 aliphatic heterocycles. The number of anilines is 1. The molecule has 1 aromatic rings. The second kappa shape index (κ2) is 7.63. The molecule has 1 heterocycles. The van der Waals surface area contributed by atoms with Gasteiger partial charge in [0.1, 0.15) is 6.04 Å². The highest BCUT2D eigenvalue weighted by atomic mass is 32.2. The van der Waals surface area contributed by atoms with E-state index >= 15 is 0 Å². The molecule has 104 valence electrons. The van der Waals surface area contributed by atoms with Crippen LogP contribution in [0.5, 0.6) is 0 Å². The van der Waals surface area contributed by atoms with Gasteiger partial charge in [-0.05, 0) is 37.0 Å². The molecule has 0 aliphatic rings. The minimum atomic E-state index is -1.04. The van der Waals surface area contributed by atoms with Gasteiger partial charge in [0, 0.05) is 6.20 Å². The fraction of sp³-hybridized carbons (Fsp3) is 0.417. The number of aryl methyl sites for hydroxylation is 1. The first kappa shape index (κ1) is 15.3. The summed E-state index contributed by atoms with van der Waals surface area (Å²) in [7, 11) is 0. The van der Waals surface area contributed by atoms with Gasteiger partial charge in [-0.15, -0.1) is 0 Å². The first-order valence-electron chi connectivity index (χ1n) is 5.74. The second-order valence-corrected chi connectivity index (χ2v) is 5.01. The van der Waals surface area contributed by atoms with Crippen LogP contribution in [0.25, 0.3) is 0 Å². The Kier molecular flexibility index (Phi) is 6.14. The van der Waals surface area contributed by atoms with E-state index < -0.39 is 18.0 Å². The van der Waals surface area contributed by atoms with E-state index in [1.807, 2.05) is 13.2 Å². The zero-order chi connectivity index (χ0) is 14.3. The number of aliphatic carboxylic acids is 1. The van der Waals surface area contributed by atoms with E-state index in [-0.39, 0.29) is 0 Å². The summed E-state index contributed by atoms with van der Waals surface area (Å²) in [6.07, 6.45) is 5.44. The lowest BCUT2D eigenvalue weighted by Crippen LogP contribution is -2.43. The topological polar surface area (TPSA) is 91.3 Å². The molecule has 3 N–H and O–H groups in total. The molecule has 1 aromatic heterocycles. The fourth-order valence-corrected chi connectivity index (χ4v) is 1.91. The number of rotatable bonds is 6. The van der Waals surface area contributed by atoms with Crippen molar-refractivity contribution in [2.45, 2.75) is 19.4 Å². The predicted octanol–water partition coefficient (Wildman–Crippen LogP) is 1.72. The summed E-state index contributed by atoms with van der Waals surface area (Å²) in [5, 5.41) is 14.0. The Morgan fingerprint density at radius 1 is 1.47 bits per heavy atom. The lowest BCUT2D eigenvalue weighted by atomic mass is 10.2. The molecular formula is C12H17N3O3S. The van der Waals surface area contributed by atoms with Crippen molar-refractivity contribution >= 4 is 29.4 Å². The molecule has 0 bridgehead atoms. The van der Waals surface area contributed by atoms with Crippen molar-refractivity contribution in [3.8, 4) is 0 Å². The van der Waals surface area contributed by atoms with Crippen LogP contribution >= 0.6 is 11.8 Å².